The zero-order valence-corrected chi connectivity index (χ0v) is 14.9. The van der Waals surface area contributed by atoms with Crippen molar-refractivity contribution in [3.63, 3.8) is 0 Å². The monoisotopic (exact) mass is 380 g/mol. The Kier molecular flexibility index (Phi) is 7.52. The molecule has 1 aromatic heterocycles. The third-order valence-corrected chi connectivity index (χ3v) is 4.26. The van der Waals surface area contributed by atoms with Gasteiger partial charge in [-0.1, -0.05) is 30.3 Å². The number of hydrogen-bond donors (Lipinski definition) is 3. The molecule has 1 aromatic carbocycles. The lowest BCUT2D eigenvalue weighted by Gasteiger charge is -2.17. The Morgan fingerprint density at radius 3 is 2.65 bits per heavy atom. The zero-order chi connectivity index (χ0) is 18.9. The van der Waals surface area contributed by atoms with Crippen LogP contribution >= 0.6 is 11.3 Å². The average Bonchev–Trinajstić information content (AvgIpc) is 3.14. The van der Waals surface area contributed by atoms with E-state index in [0.717, 1.165) is 16.9 Å². The molecule has 0 spiro atoms. The van der Waals surface area contributed by atoms with E-state index in [1.54, 1.807) is 6.92 Å². The fraction of sp³-hybridized carbons (Fsp3) is 0.353. The van der Waals surface area contributed by atoms with Crippen molar-refractivity contribution in [2.75, 3.05) is 13.2 Å². The molecule has 0 aliphatic heterocycles. The average molecular weight is 380 g/mol. The maximum atomic E-state index is 11.8. The van der Waals surface area contributed by atoms with Crippen molar-refractivity contribution in [3.8, 4) is 0 Å². The molecule has 2 rings (SSSR count). The van der Waals surface area contributed by atoms with E-state index in [-0.39, 0.29) is 30.3 Å². The fourth-order valence-corrected chi connectivity index (χ4v) is 2.88. The van der Waals surface area contributed by atoms with Crippen LogP contribution in [0.5, 0.6) is 0 Å². The highest BCUT2D eigenvalue weighted by molar-refractivity contribution is 7.10. The second-order valence-corrected chi connectivity index (χ2v) is 6.13. The van der Waals surface area contributed by atoms with Gasteiger partial charge in [-0.15, -0.1) is 11.3 Å². The first-order valence-corrected chi connectivity index (χ1v) is 8.82. The number of carbonyl (C=O) groups is 2. The zero-order valence-electron chi connectivity index (χ0n) is 14.1. The summed E-state index contributed by atoms with van der Waals surface area (Å²) in [6, 6.07) is 9.13. The van der Waals surface area contributed by atoms with Crippen molar-refractivity contribution in [2.24, 2.45) is 0 Å². The molecule has 0 radical (unpaired) electrons. The van der Waals surface area contributed by atoms with Crippen LogP contribution in [0.15, 0.2) is 35.8 Å². The molecule has 8 nitrogen and oxygen atoms in total. The second-order valence-electron chi connectivity index (χ2n) is 5.24. The summed E-state index contributed by atoms with van der Waals surface area (Å²) in [5, 5.41) is 22.6. The Morgan fingerprint density at radius 2 is 1.96 bits per heavy atom. The van der Waals surface area contributed by atoms with Gasteiger partial charge in [-0.25, -0.2) is 14.6 Å². The number of nitrogens with zero attached hydrogens (tertiary/aromatic N) is 1. The van der Waals surface area contributed by atoms with Crippen LogP contribution in [0, 0.1) is 0 Å². The quantitative estimate of drug-likeness (QED) is 0.596. The summed E-state index contributed by atoms with van der Waals surface area (Å²) < 4.78 is 9.87. The molecule has 0 aliphatic carbocycles. The molecule has 140 valence electrons. The summed E-state index contributed by atoms with van der Waals surface area (Å²) in [4.78, 5) is 27.5. The third-order valence-electron chi connectivity index (χ3n) is 3.37. The summed E-state index contributed by atoms with van der Waals surface area (Å²) in [5.41, 5.74) is 2.15. The van der Waals surface area contributed by atoms with E-state index in [1.165, 1.54) is 5.51 Å². The highest BCUT2D eigenvalue weighted by Gasteiger charge is 2.27. The highest BCUT2D eigenvalue weighted by atomic mass is 32.1. The lowest BCUT2D eigenvalue weighted by atomic mass is 10.1. The first-order chi connectivity index (χ1) is 12.5. The number of carbonyl (C=O) groups excluding carboxylic acids is 2. The minimum atomic E-state index is -1.39. The fourth-order valence-electron chi connectivity index (χ4n) is 2.07. The standard InChI is InChI=1S/C17H20N2O6S/c1-2-24-16(22)13-15(26-10-19-13)14(21)12(20)8-18-17(23)25-9-11-6-4-3-5-7-11/h3-7,10,12,14,20-21H,2,8-9H2,1H3,(H,18,23). The topological polar surface area (TPSA) is 118 Å². The van der Waals surface area contributed by atoms with Gasteiger partial charge in [-0.3, -0.25) is 0 Å². The minimum absolute atomic E-state index is 0.0462. The van der Waals surface area contributed by atoms with Crippen LogP contribution in [0.4, 0.5) is 4.79 Å². The van der Waals surface area contributed by atoms with Crippen LogP contribution in [0.3, 0.4) is 0 Å². The van der Waals surface area contributed by atoms with Gasteiger partial charge in [0.1, 0.15) is 18.8 Å². The molecule has 0 fully saturated rings. The summed E-state index contributed by atoms with van der Waals surface area (Å²) in [7, 11) is 0. The normalized spacial score (nSPS) is 12.9. The number of alkyl carbamates (subject to hydrolysis) is 1. The number of ether oxygens (including phenoxy) is 2. The van der Waals surface area contributed by atoms with Crippen molar-refractivity contribution >= 4 is 23.4 Å². The lowest BCUT2D eigenvalue weighted by Crippen LogP contribution is -2.36. The maximum Gasteiger partial charge on any atom is 0.407 e. The number of rotatable bonds is 8. The highest BCUT2D eigenvalue weighted by Crippen LogP contribution is 2.25. The molecule has 2 aromatic rings. The van der Waals surface area contributed by atoms with Crippen LogP contribution in [-0.2, 0) is 16.1 Å². The van der Waals surface area contributed by atoms with Gasteiger partial charge >= 0.3 is 12.1 Å². The van der Waals surface area contributed by atoms with Gasteiger partial charge < -0.3 is 25.0 Å². The SMILES string of the molecule is CCOC(=O)c1ncsc1C(O)C(O)CNC(=O)OCc1ccccc1. The lowest BCUT2D eigenvalue weighted by molar-refractivity contribution is 0.0187. The summed E-state index contributed by atoms with van der Waals surface area (Å²) in [5.74, 6) is -0.676. The molecule has 1 heterocycles. The van der Waals surface area contributed by atoms with Crippen LogP contribution in [0.2, 0.25) is 0 Å². The molecule has 0 saturated carbocycles. The van der Waals surface area contributed by atoms with Crippen molar-refractivity contribution in [3.05, 3.63) is 52.0 Å². The number of benzene rings is 1. The minimum Gasteiger partial charge on any atom is -0.461 e. The van der Waals surface area contributed by atoms with Gasteiger partial charge in [0.05, 0.1) is 17.0 Å². The predicted molar refractivity (Wildman–Crippen MR) is 93.7 cm³/mol. The maximum absolute atomic E-state index is 11.8. The van der Waals surface area contributed by atoms with Crippen LogP contribution in [0.1, 0.15) is 34.0 Å². The molecule has 0 aliphatic rings. The second kappa shape index (κ2) is 9.85. The van der Waals surface area contributed by atoms with Crippen LogP contribution < -0.4 is 5.32 Å². The predicted octanol–water partition coefficient (Wildman–Crippen LogP) is 1.64. The van der Waals surface area contributed by atoms with E-state index in [0.29, 0.717) is 0 Å². The first-order valence-electron chi connectivity index (χ1n) is 7.94. The van der Waals surface area contributed by atoms with Gasteiger partial charge in [0.25, 0.3) is 0 Å². The van der Waals surface area contributed by atoms with Crippen LogP contribution in [0.25, 0.3) is 0 Å². The molecule has 0 saturated heterocycles. The molecule has 2 atom stereocenters. The molecule has 0 bridgehead atoms. The van der Waals surface area contributed by atoms with Crippen molar-refractivity contribution in [1.82, 2.24) is 10.3 Å². The van der Waals surface area contributed by atoms with Crippen molar-refractivity contribution in [1.29, 1.82) is 0 Å². The summed E-state index contributed by atoms with van der Waals surface area (Å²) >= 11 is 1.02. The van der Waals surface area contributed by atoms with Gasteiger partial charge in [0, 0.05) is 6.54 Å². The Bertz CT molecular complexity index is 721. The molecule has 1 amide bonds. The molecule has 3 N–H and O–H groups in total. The Balaban J connectivity index is 1.83. The third kappa shape index (κ3) is 5.51. The first kappa shape index (κ1) is 19.8. The number of aliphatic hydroxyl groups is 2. The van der Waals surface area contributed by atoms with Gasteiger partial charge in [0.15, 0.2) is 5.69 Å². The molecular weight excluding hydrogens is 360 g/mol. The van der Waals surface area contributed by atoms with E-state index in [9.17, 15) is 19.8 Å². The largest absolute Gasteiger partial charge is 0.461 e. The van der Waals surface area contributed by atoms with E-state index in [4.69, 9.17) is 9.47 Å². The smallest absolute Gasteiger partial charge is 0.407 e. The van der Waals surface area contributed by atoms with Gasteiger partial charge in [-0.2, -0.15) is 0 Å². The number of thiazole rings is 1. The summed E-state index contributed by atoms with van der Waals surface area (Å²) in [6.07, 6.45) is -3.46. The van der Waals surface area contributed by atoms with Crippen molar-refractivity contribution < 1.29 is 29.3 Å². The Labute approximate surface area is 154 Å². The van der Waals surface area contributed by atoms with Crippen LogP contribution in [-0.4, -0.2) is 46.5 Å². The number of hydrogen-bond acceptors (Lipinski definition) is 8. The van der Waals surface area contributed by atoms with Crippen molar-refractivity contribution in [2.45, 2.75) is 25.7 Å². The number of esters is 1. The van der Waals surface area contributed by atoms with E-state index in [2.05, 4.69) is 10.3 Å². The van der Waals surface area contributed by atoms with E-state index >= 15 is 0 Å². The molecule has 26 heavy (non-hydrogen) atoms. The molecule has 9 heteroatoms. The molecular formula is C17H20N2O6S. The number of aliphatic hydroxyl groups excluding tert-OH is 2. The number of amides is 1. The molecule has 2 unspecified atom stereocenters. The van der Waals surface area contributed by atoms with E-state index < -0.39 is 24.3 Å². The van der Waals surface area contributed by atoms with E-state index in [1.807, 2.05) is 30.3 Å². The summed E-state index contributed by atoms with van der Waals surface area (Å²) in [6.45, 7) is 1.66. The number of aromatic nitrogens is 1. The Hall–Kier alpha value is -2.49. The van der Waals surface area contributed by atoms with Gasteiger partial charge in [-0.05, 0) is 12.5 Å². The number of nitrogens with one attached hydrogen (secondary N) is 1. The Morgan fingerprint density at radius 1 is 1.23 bits per heavy atom. The van der Waals surface area contributed by atoms with Gasteiger partial charge in [0.2, 0.25) is 0 Å².